The molecule has 11 nitrogen and oxygen atoms in total. The van der Waals surface area contributed by atoms with Gasteiger partial charge in [0.25, 0.3) is 0 Å². The monoisotopic (exact) mass is 717 g/mol. The Labute approximate surface area is 285 Å². The molecule has 1 aromatic carbocycles. The second-order valence-electron chi connectivity index (χ2n) is 12.6. The van der Waals surface area contributed by atoms with E-state index < -0.39 is 53.6 Å². The number of benzene rings is 1. The smallest absolute Gasteiger partial charge is 0.313 e. The Morgan fingerprint density at radius 3 is 2.60 bits per heavy atom. The minimum Gasteiger partial charge on any atom is -0.455 e. The van der Waals surface area contributed by atoms with Crippen molar-refractivity contribution in [3.8, 4) is 0 Å². The zero-order chi connectivity index (χ0) is 34.3. The minimum atomic E-state index is -1.30. The summed E-state index contributed by atoms with van der Waals surface area (Å²) in [4.78, 5) is 58.6. The van der Waals surface area contributed by atoms with Crippen molar-refractivity contribution >= 4 is 39.6 Å². The maximum absolute atomic E-state index is 14.4. The molecule has 3 fully saturated rings. The van der Waals surface area contributed by atoms with Crippen molar-refractivity contribution in [1.29, 1.82) is 0 Å². The van der Waals surface area contributed by atoms with Crippen molar-refractivity contribution in [1.82, 2.24) is 15.1 Å². The molecule has 3 amide bonds. The van der Waals surface area contributed by atoms with Crippen LogP contribution in [0.2, 0.25) is 0 Å². The van der Waals surface area contributed by atoms with Crippen LogP contribution in [0.3, 0.4) is 0 Å². The number of β-amino-alcohol motifs (C(OH)–C–C–N with tert-alkyl or cyclic N) is 1. The zero-order valence-electron chi connectivity index (χ0n) is 27.5. The number of rotatable bonds is 18. The highest BCUT2D eigenvalue weighted by molar-refractivity contribution is 9.09. The van der Waals surface area contributed by atoms with E-state index in [4.69, 9.17) is 14.2 Å². The fraction of sp³-hybridized carbons (Fsp3) is 0.600. The number of fused-ring (bicyclic) bond motifs is 1. The number of esters is 1. The summed E-state index contributed by atoms with van der Waals surface area (Å²) in [6.07, 6.45) is 4.26. The Morgan fingerprint density at radius 2 is 1.98 bits per heavy atom. The van der Waals surface area contributed by atoms with Crippen LogP contribution < -0.4 is 5.32 Å². The lowest BCUT2D eigenvalue weighted by Crippen LogP contribution is -2.58. The molecule has 0 saturated carbocycles. The number of hydrogen-bond acceptors (Lipinski definition) is 8. The van der Waals surface area contributed by atoms with Gasteiger partial charge >= 0.3 is 5.97 Å². The van der Waals surface area contributed by atoms with Crippen LogP contribution in [0.25, 0.3) is 0 Å². The normalized spacial score (nSPS) is 27.9. The van der Waals surface area contributed by atoms with Crippen LogP contribution in [0.1, 0.15) is 57.6 Å². The topological polar surface area (TPSA) is 135 Å². The fourth-order valence-electron chi connectivity index (χ4n) is 7.51. The molecule has 3 saturated heterocycles. The summed E-state index contributed by atoms with van der Waals surface area (Å²) in [6.45, 7) is 11.4. The molecular weight excluding hydrogens is 670 g/mol. The first kappa shape index (κ1) is 36.8. The molecule has 47 heavy (non-hydrogen) atoms. The molecule has 258 valence electrons. The molecule has 3 aliphatic rings. The number of methoxy groups -OCH3 is 1. The van der Waals surface area contributed by atoms with Crippen molar-refractivity contribution in [3.05, 3.63) is 61.2 Å². The summed E-state index contributed by atoms with van der Waals surface area (Å²) >= 11 is 3.70. The number of carbonyl (C=O) groups excluding carboxylic acids is 4. The largest absolute Gasteiger partial charge is 0.455 e. The summed E-state index contributed by atoms with van der Waals surface area (Å²) in [5, 5.41) is 12.9. The van der Waals surface area contributed by atoms with Crippen LogP contribution in [0, 0.1) is 11.8 Å². The standard InChI is InChI=1S/C35H48BrN3O8/c1-6-9-16-26(41)37-25(21-45-5)29(23-14-11-10-12-15-23)46-34(44)27-28-32(42)39(18-19-40)31(35(28)20-24(36)30(27)47-35)33(43)38(17-8-3)22(4)13-7-2/h6,8,10-12,14-15,22,24-25,27-31,40H,1,3,7,9,13,16-21H2,2,4-5H3,(H,37,41)/t22?,24?,25-,27+,28-,29-,30+,31+,35-/m0/s1. The Hall–Kier alpha value is -3.06. The molecular formula is C35H48BrN3O8. The van der Waals surface area contributed by atoms with Crippen LogP contribution in [0.15, 0.2) is 55.6 Å². The van der Waals surface area contributed by atoms with E-state index in [1.54, 1.807) is 29.2 Å². The second-order valence-corrected chi connectivity index (χ2v) is 13.7. The third-order valence-corrected chi connectivity index (χ3v) is 10.3. The molecule has 3 heterocycles. The number of alkyl halides is 1. The van der Waals surface area contributed by atoms with E-state index in [2.05, 4.69) is 34.4 Å². The Morgan fingerprint density at radius 1 is 1.26 bits per heavy atom. The number of aliphatic hydroxyl groups is 1. The highest BCUT2D eigenvalue weighted by Gasteiger charge is 2.77. The molecule has 2 unspecified atom stereocenters. The van der Waals surface area contributed by atoms with E-state index in [1.165, 1.54) is 12.0 Å². The van der Waals surface area contributed by atoms with E-state index in [-0.39, 0.29) is 55.4 Å². The number of nitrogens with zero attached hydrogens (tertiary/aromatic N) is 2. The first-order valence-electron chi connectivity index (χ1n) is 16.4. The molecule has 0 aromatic heterocycles. The number of ether oxygens (including phenoxy) is 3. The van der Waals surface area contributed by atoms with Crippen molar-refractivity contribution in [3.63, 3.8) is 0 Å². The van der Waals surface area contributed by atoms with Gasteiger partial charge in [0.05, 0.1) is 37.2 Å². The molecule has 0 radical (unpaired) electrons. The molecule has 1 spiro atoms. The summed E-state index contributed by atoms with van der Waals surface area (Å²) in [5.41, 5.74) is -0.664. The van der Waals surface area contributed by atoms with Gasteiger partial charge in [-0.25, -0.2) is 0 Å². The zero-order valence-corrected chi connectivity index (χ0v) is 29.1. The van der Waals surface area contributed by atoms with Gasteiger partial charge in [0.2, 0.25) is 17.7 Å². The predicted octanol–water partition coefficient (Wildman–Crippen LogP) is 3.31. The number of halogens is 1. The van der Waals surface area contributed by atoms with Crippen LogP contribution in [0.4, 0.5) is 0 Å². The van der Waals surface area contributed by atoms with Gasteiger partial charge in [-0.15, -0.1) is 13.2 Å². The average molecular weight is 719 g/mol. The van der Waals surface area contributed by atoms with E-state index in [9.17, 15) is 24.3 Å². The van der Waals surface area contributed by atoms with Crippen LogP contribution >= 0.6 is 15.9 Å². The molecule has 1 aromatic rings. The van der Waals surface area contributed by atoms with Gasteiger partial charge in [-0.2, -0.15) is 0 Å². The highest BCUT2D eigenvalue weighted by Crippen LogP contribution is 2.60. The van der Waals surface area contributed by atoms with Crippen LogP contribution in [0.5, 0.6) is 0 Å². The maximum Gasteiger partial charge on any atom is 0.313 e. The SMILES string of the molecule is C=CCCC(=O)N[C@@H](COC)[C@@H](OC(=O)[C@H]1[C@@H]2O[C@@]3(CC2Br)[C@@H]1C(=O)N(CCO)[C@@H]3C(=O)N(CC=C)C(C)CCC)c1ccccc1. The Kier molecular flexibility index (Phi) is 12.8. The maximum atomic E-state index is 14.4. The molecule has 3 aliphatic heterocycles. The number of hydrogen-bond donors (Lipinski definition) is 2. The fourth-order valence-corrected chi connectivity index (χ4v) is 8.45. The van der Waals surface area contributed by atoms with Crippen molar-refractivity contribution in [2.45, 2.75) is 86.7 Å². The summed E-state index contributed by atoms with van der Waals surface area (Å²) in [6, 6.07) is 7.15. The van der Waals surface area contributed by atoms with Gasteiger partial charge in [-0.05, 0) is 31.7 Å². The average Bonchev–Trinajstić information content (AvgIpc) is 3.64. The van der Waals surface area contributed by atoms with Gasteiger partial charge in [-0.1, -0.05) is 71.8 Å². The van der Waals surface area contributed by atoms with Crippen LogP contribution in [-0.4, -0.2) is 107 Å². The lowest BCUT2D eigenvalue weighted by molar-refractivity contribution is -0.163. The Balaban J connectivity index is 1.71. The van der Waals surface area contributed by atoms with Gasteiger partial charge in [-0.3, -0.25) is 19.2 Å². The predicted molar refractivity (Wildman–Crippen MR) is 179 cm³/mol. The number of allylic oxidation sites excluding steroid dienone is 1. The van der Waals surface area contributed by atoms with E-state index in [0.717, 1.165) is 12.8 Å². The number of nitrogens with one attached hydrogen (secondary N) is 1. The first-order valence-corrected chi connectivity index (χ1v) is 17.3. The summed E-state index contributed by atoms with van der Waals surface area (Å²) in [7, 11) is 1.50. The van der Waals surface area contributed by atoms with Crippen molar-refractivity contribution < 1.29 is 38.5 Å². The van der Waals surface area contributed by atoms with Gasteiger partial charge in [0, 0.05) is 37.5 Å². The number of carbonyl (C=O) groups is 4. The summed E-state index contributed by atoms with van der Waals surface area (Å²) in [5.74, 6) is -3.68. The Bertz CT molecular complexity index is 1300. The molecule has 2 bridgehead atoms. The lowest BCUT2D eigenvalue weighted by Gasteiger charge is -2.39. The molecule has 4 rings (SSSR count). The molecule has 2 N–H and O–H groups in total. The molecule has 12 heteroatoms. The van der Waals surface area contributed by atoms with E-state index in [0.29, 0.717) is 18.4 Å². The lowest BCUT2D eigenvalue weighted by atomic mass is 9.70. The van der Waals surface area contributed by atoms with Crippen molar-refractivity contribution in [2.75, 3.05) is 33.4 Å². The van der Waals surface area contributed by atoms with Gasteiger partial charge in [0.15, 0.2) is 0 Å². The molecule has 0 aliphatic carbocycles. The van der Waals surface area contributed by atoms with Crippen LogP contribution in [-0.2, 0) is 33.4 Å². The first-order chi connectivity index (χ1) is 22.6. The third-order valence-electron chi connectivity index (χ3n) is 9.49. The quantitative estimate of drug-likeness (QED) is 0.134. The van der Waals surface area contributed by atoms with Gasteiger partial charge in [0.1, 0.15) is 17.7 Å². The number of amides is 3. The highest BCUT2D eigenvalue weighted by atomic mass is 79.9. The number of aliphatic hydroxyl groups excluding tert-OH is 1. The van der Waals surface area contributed by atoms with E-state index >= 15 is 0 Å². The van der Waals surface area contributed by atoms with Crippen molar-refractivity contribution in [2.24, 2.45) is 11.8 Å². The summed E-state index contributed by atoms with van der Waals surface area (Å²) < 4.78 is 18.3. The number of likely N-dealkylation sites (tertiary alicyclic amines) is 1. The minimum absolute atomic E-state index is 0.0561. The second kappa shape index (κ2) is 16.4. The van der Waals surface area contributed by atoms with E-state index in [1.807, 2.05) is 32.0 Å². The van der Waals surface area contributed by atoms with Gasteiger partial charge < -0.3 is 34.4 Å². The third kappa shape index (κ3) is 7.35. The molecule has 9 atom stereocenters.